The van der Waals surface area contributed by atoms with Crippen LogP contribution in [-0.4, -0.2) is 0 Å². The van der Waals surface area contributed by atoms with Crippen LogP contribution >= 0.6 is 11.6 Å². The normalized spacial score (nSPS) is 13.7. The van der Waals surface area contributed by atoms with Gasteiger partial charge < -0.3 is 18.6 Å². The van der Waals surface area contributed by atoms with Crippen LogP contribution in [0.4, 0.5) is 34.1 Å². The fourth-order valence-corrected chi connectivity index (χ4v) is 13.1. The summed E-state index contributed by atoms with van der Waals surface area (Å²) in [6.07, 6.45) is 0. The lowest BCUT2D eigenvalue weighted by molar-refractivity contribution is 0.660. The van der Waals surface area contributed by atoms with Crippen LogP contribution in [0, 0.1) is 0 Å². The Labute approximate surface area is 452 Å². The van der Waals surface area contributed by atoms with E-state index in [1.54, 1.807) is 0 Å². The van der Waals surface area contributed by atoms with E-state index in [0.717, 1.165) is 100 Å². The van der Waals surface area contributed by atoms with Crippen molar-refractivity contribution in [3.63, 3.8) is 0 Å². The second kappa shape index (κ2) is 17.0. The van der Waals surface area contributed by atoms with Gasteiger partial charge in [0.25, 0.3) is 0 Å². The first-order chi connectivity index (χ1) is 37.6. The fraction of sp³-hybridized carbons (Fsp3) is 0.0833. The number of hydrogen-bond acceptors (Lipinski definition) is 4. The van der Waals surface area contributed by atoms with Crippen LogP contribution in [0.3, 0.4) is 0 Å². The Kier molecular flexibility index (Phi) is 9.98. The summed E-state index contributed by atoms with van der Waals surface area (Å²) in [5, 5.41) is 5.07. The molecule has 0 atom stereocenters. The molecule has 2 aliphatic rings. The topological polar surface area (TPSA) is 32.8 Å². The second-order valence-corrected chi connectivity index (χ2v) is 22.2. The van der Waals surface area contributed by atoms with Gasteiger partial charge in [0, 0.05) is 82.6 Å². The van der Waals surface area contributed by atoms with Crippen molar-refractivity contribution in [2.45, 2.75) is 38.5 Å². The molecule has 2 heterocycles. The molecule has 11 aromatic carbocycles. The number of furan rings is 2. The Morgan fingerprint density at radius 2 is 0.662 bits per heavy atom. The molecule has 5 heteroatoms. The van der Waals surface area contributed by atoms with Crippen molar-refractivity contribution in [2.24, 2.45) is 0 Å². The predicted octanol–water partition coefficient (Wildman–Crippen LogP) is 21.0. The van der Waals surface area contributed by atoms with Crippen LogP contribution in [0.15, 0.2) is 245 Å². The van der Waals surface area contributed by atoms with Gasteiger partial charge in [-0.2, -0.15) is 0 Å². The number of benzene rings is 11. The quantitative estimate of drug-likeness (QED) is 0.152. The van der Waals surface area contributed by atoms with Gasteiger partial charge in [-0.25, -0.2) is 0 Å². The molecule has 0 aliphatic heterocycles. The number of rotatable bonds is 8. The van der Waals surface area contributed by atoms with Gasteiger partial charge in [-0.1, -0.05) is 197 Å². The molecule has 0 bridgehead atoms. The third-order valence-electron chi connectivity index (χ3n) is 16.7. The molecule has 0 unspecified atom stereocenters. The summed E-state index contributed by atoms with van der Waals surface area (Å²) in [4.78, 5) is 4.72. The van der Waals surface area contributed by atoms with E-state index in [-0.39, 0.29) is 10.8 Å². The van der Waals surface area contributed by atoms with E-state index in [4.69, 9.17) is 20.4 Å². The Morgan fingerprint density at radius 3 is 1.12 bits per heavy atom. The Hall–Kier alpha value is -9.09. The third-order valence-corrected chi connectivity index (χ3v) is 16.9. The molecule has 0 saturated carbocycles. The summed E-state index contributed by atoms with van der Waals surface area (Å²) in [5.74, 6) is 0. The molecule has 0 spiro atoms. The lowest BCUT2D eigenvalue weighted by atomic mass is 9.82. The van der Waals surface area contributed by atoms with Crippen LogP contribution in [0.2, 0.25) is 5.02 Å². The molecule has 0 radical (unpaired) electrons. The number of halogens is 1. The molecular weight excluding hydrogens is 960 g/mol. The van der Waals surface area contributed by atoms with Crippen molar-refractivity contribution >= 4 is 89.6 Å². The summed E-state index contributed by atoms with van der Waals surface area (Å²) >= 11 is 7.50. The average Bonchev–Trinajstić information content (AvgIpc) is 4.31. The maximum Gasteiger partial charge on any atom is 0.143 e. The van der Waals surface area contributed by atoms with Crippen molar-refractivity contribution in [1.82, 2.24) is 0 Å². The van der Waals surface area contributed by atoms with E-state index < -0.39 is 0 Å². The van der Waals surface area contributed by atoms with Gasteiger partial charge in [0.2, 0.25) is 0 Å². The molecule has 0 saturated heterocycles. The predicted molar refractivity (Wildman–Crippen MR) is 321 cm³/mol. The monoisotopic (exact) mass is 1010 g/mol. The molecule has 2 aliphatic carbocycles. The summed E-state index contributed by atoms with van der Waals surface area (Å²) < 4.78 is 13.1. The van der Waals surface area contributed by atoms with E-state index in [0.29, 0.717) is 5.02 Å². The van der Waals surface area contributed by atoms with Crippen molar-refractivity contribution in [3.05, 3.63) is 264 Å². The van der Waals surface area contributed by atoms with Crippen molar-refractivity contribution < 1.29 is 8.83 Å². The summed E-state index contributed by atoms with van der Waals surface area (Å²) in [6, 6.07) is 85.2. The van der Waals surface area contributed by atoms with Gasteiger partial charge in [0.1, 0.15) is 22.3 Å². The van der Waals surface area contributed by atoms with Crippen LogP contribution in [0.1, 0.15) is 49.9 Å². The number of hydrogen-bond donors (Lipinski definition) is 0. The SMILES string of the molecule is CC1(C)c2ccccc2-c2ccc(N(c3ccc(-c4cccc5c4oc4ccccc45)cc3)c3cc(Cl)cc(N(c4ccc(-c5cccc6c5oc5ccccc56)cc4)c4ccc5c(c4)C(C)(C)c4ccccc4-5)c3)cc21. The molecule has 15 rings (SSSR count). The number of nitrogens with zero attached hydrogens (tertiary/aromatic N) is 2. The van der Waals surface area contributed by atoms with E-state index in [1.165, 1.54) is 44.5 Å². The van der Waals surface area contributed by atoms with Crippen LogP contribution < -0.4 is 9.80 Å². The lowest BCUT2D eigenvalue weighted by Gasteiger charge is -2.31. The molecule has 2 aromatic heterocycles. The van der Waals surface area contributed by atoms with Gasteiger partial charge in [-0.05, 0) is 134 Å². The highest BCUT2D eigenvalue weighted by Crippen LogP contribution is 2.54. The van der Waals surface area contributed by atoms with Gasteiger partial charge in [0.15, 0.2) is 0 Å². The first-order valence-corrected chi connectivity index (χ1v) is 26.9. The van der Waals surface area contributed by atoms with E-state index in [9.17, 15) is 0 Å². The smallest absolute Gasteiger partial charge is 0.143 e. The van der Waals surface area contributed by atoms with Crippen LogP contribution in [-0.2, 0) is 10.8 Å². The lowest BCUT2D eigenvalue weighted by Crippen LogP contribution is -2.17. The first-order valence-electron chi connectivity index (χ1n) is 26.5. The zero-order valence-electron chi connectivity index (χ0n) is 43.1. The van der Waals surface area contributed by atoms with Gasteiger partial charge >= 0.3 is 0 Å². The minimum absolute atomic E-state index is 0.206. The number of para-hydroxylation sites is 4. The highest BCUT2D eigenvalue weighted by atomic mass is 35.5. The van der Waals surface area contributed by atoms with E-state index >= 15 is 0 Å². The van der Waals surface area contributed by atoms with E-state index in [2.05, 4.69) is 250 Å². The minimum Gasteiger partial charge on any atom is -0.455 e. The summed E-state index contributed by atoms with van der Waals surface area (Å²) in [5.41, 5.74) is 23.7. The molecule has 4 nitrogen and oxygen atoms in total. The molecule has 0 fully saturated rings. The molecule has 77 heavy (non-hydrogen) atoms. The Bertz CT molecular complexity index is 4250. The van der Waals surface area contributed by atoms with Crippen LogP contribution in [0.5, 0.6) is 0 Å². The standard InChI is InChI=1S/C72H51ClN2O2/c1-71(2)63-23-9-5-15-55(63)57-37-35-49(42-65(57)71)74(47-31-27-44(28-32-47)53-19-13-21-61-59-17-7-11-25-67(59)76-69(53)61)51-39-46(73)40-52(41-51)75(50-36-38-58-56-16-6-10-24-64(56)72(3,4)66(58)43-50)48-33-29-45(30-34-48)54-20-14-22-62-60-18-8-12-26-68(60)77-70(54)62/h5-43H,1-4H3. The maximum atomic E-state index is 7.50. The van der Waals surface area contributed by atoms with Gasteiger partial charge in [-0.3, -0.25) is 0 Å². The van der Waals surface area contributed by atoms with Crippen LogP contribution in [0.25, 0.3) is 88.4 Å². The molecule has 13 aromatic rings. The van der Waals surface area contributed by atoms with E-state index in [1.807, 2.05) is 24.3 Å². The Balaban J connectivity index is 0.900. The molecule has 0 N–H and O–H groups in total. The summed E-state index contributed by atoms with van der Waals surface area (Å²) in [6.45, 7) is 9.36. The molecule has 0 amide bonds. The third kappa shape index (κ3) is 6.98. The zero-order valence-corrected chi connectivity index (χ0v) is 43.9. The highest BCUT2D eigenvalue weighted by molar-refractivity contribution is 6.31. The van der Waals surface area contributed by atoms with Gasteiger partial charge in [0.05, 0.1) is 0 Å². The largest absolute Gasteiger partial charge is 0.455 e. The first kappa shape index (κ1) is 45.3. The van der Waals surface area contributed by atoms with Crippen molar-refractivity contribution in [2.75, 3.05) is 9.80 Å². The maximum absolute atomic E-state index is 7.50. The highest BCUT2D eigenvalue weighted by Gasteiger charge is 2.37. The molecular formula is C72H51ClN2O2. The fourth-order valence-electron chi connectivity index (χ4n) is 12.9. The van der Waals surface area contributed by atoms with Crippen molar-refractivity contribution in [3.8, 4) is 44.5 Å². The second-order valence-electron chi connectivity index (χ2n) is 21.8. The van der Waals surface area contributed by atoms with Gasteiger partial charge in [-0.15, -0.1) is 0 Å². The average molecular weight is 1010 g/mol. The number of fused-ring (bicyclic) bond motifs is 12. The summed E-state index contributed by atoms with van der Waals surface area (Å²) in [7, 11) is 0. The molecule has 368 valence electrons. The minimum atomic E-state index is -0.206. The zero-order chi connectivity index (χ0) is 51.7. The Morgan fingerprint density at radius 1 is 0.299 bits per heavy atom. The number of anilines is 6. The van der Waals surface area contributed by atoms with Crippen molar-refractivity contribution in [1.29, 1.82) is 0 Å².